The molecule has 0 aromatic rings. The van der Waals surface area contributed by atoms with Crippen LogP contribution in [0.3, 0.4) is 0 Å². The normalized spacial score (nSPS) is 29.7. The Morgan fingerprint density at radius 2 is 2.28 bits per heavy atom. The summed E-state index contributed by atoms with van der Waals surface area (Å²) in [6.07, 6.45) is 3.39. The van der Waals surface area contributed by atoms with Gasteiger partial charge in [0.05, 0.1) is 5.92 Å². The maximum absolute atomic E-state index is 12.0. The number of likely N-dealkylation sites (tertiary alicyclic amines) is 1. The van der Waals surface area contributed by atoms with Gasteiger partial charge in [0.25, 0.3) is 0 Å². The lowest BCUT2D eigenvalue weighted by molar-refractivity contribution is -0.125. The average molecular weight is 253 g/mol. The maximum atomic E-state index is 12.0. The van der Waals surface area contributed by atoms with Crippen molar-refractivity contribution in [3.8, 4) is 0 Å². The van der Waals surface area contributed by atoms with Gasteiger partial charge >= 0.3 is 0 Å². The summed E-state index contributed by atoms with van der Waals surface area (Å²) in [6.45, 7) is 9.59. The van der Waals surface area contributed by atoms with E-state index in [1.807, 2.05) is 0 Å². The fraction of sp³-hybridized carbons (Fsp3) is 0.929. The van der Waals surface area contributed by atoms with Crippen molar-refractivity contribution in [1.82, 2.24) is 15.5 Å². The molecule has 0 aliphatic carbocycles. The summed E-state index contributed by atoms with van der Waals surface area (Å²) in [5, 5.41) is 6.44. The average Bonchev–Trinajstić information content (AvgIpc) is 2.86. The molecule has 2 rings (SSSR count). The Balaban J connectivity index is 1.67. The number of carbonyl (C=O) groups is 1. The Hall–Kier alpha value is -0.610. The van der Waals surface area contributed by atoms with E-state index in [-0.39, 0.29) is 11.8 Å². The summed E-state index contributed by atoms with van der Waals surface area (Å²) in [5.41, 5.74) is 0. The van der Waals surface area contributed by atoms with Gasteiger partial charge in [-0.15, -0.1) is 0 Å². The van der Waals surface area contributed by atoms with Crippen LogP contribution in [0.4, 0.5) is 0 Å². The molecule has 0 spiro atoms. The van der Waals surface area contributed by atoms with E-state index in [0.29, 0.717) is 12.0 Å². The van der Waals surface area contributed by atoms with E-state index in [2.05, 4.69) is 29.4 Å². The minimum Gasteiger partial charge on any atom is -0.355 e. The Labute approximate surface area is 110 Å². The summed E-state index contributed by atoms with van der Waals surface area (Å²) in [4.78, 5) is 14.5. The van der Waals surface area contributed by atoms with Gasteiger partial charge in [0, 0.05) is 25.7 Å². The third-order valence-electron chi connectivity index (χ3n) is 4.28. The van der Waals surface area contributed by atoms with Crippen LogP contribution in [0.25, 0.3) is 0 Å². The van der Waals surface area contributed by atoms with Crippen molar-refractivity contribution in [3.05, 3.63) is 0 Å². The minimum absolute atomic E-state index is 0.196. The van der Waals surface area contributed by atoms with Crippen LogP contribution in [0, 0.1) is 11.8 Å². The summed E-state index contributed by atoms with van der Waals surface area (Å²) >= 11 is 0. The molecule has 2 N–H and O–H groups in total. The SMILES string of the molecule is CC(C)N1CCC(CNC(=O)C2CCCNC2)C1. The molecule has 2 fully saturated rings. The molecule has 4 nitrogen and oxygen atoms in total. The van der Waals surface area contributed by atoms with E-state index in [1.54, 1.807) is 0 Å². The van der Waals surface area contributed by atoms with Crippen molar-refractivity contribution in [2.24, 2.45) is 11.8 Å². The highest BCUT2D eigenvalue weighted by Crippen LogP contribution is 2.18. The highest BCUT2D eigenvalue weighted by molar-refractivity contribution is 5.78. The number of rotatable bonds is 4. The van der Waals surface area contributed by atoms with E-state index >= 15 is 0 Å². The van der Waals surface area contributed by atoms with Crippen LogP contribution in [0.15, 0.2) is 0 Å². The number of amides is 1. The van der Waals surface area contributed by atoms with Crippen LogP contribution < -0.4 is 10.6 Å². The molecule has 2 heterocycles. The van der Waals surface area contributed by atoms with E-state index in [1.165, 1.54) is 13.0 Å². The van der Waals surface area contributed by atoms with Crippen molar-refractivity contribution in [3.63, 3.8) is 0 Å². The van der Waals surface area contributed by atoms with E-state index in [4.69, 9.17) is 0 Å². The molecule has 104 valence electrons. The quantitative estimate of drug-likeness (QED) is 0.780. The first-order chi connectivity index (χ1) is 8.66. The third kappa shape index (κ3) is 3.69. The molecular formula is C14H27N3O. The number of hydrogen-bond donors (Lipinski definition) is 2. The number of nitrogens with one attached hydrogen (secondary N) is 2. The predicted octanol–water partition coefficient (Wildman–Crippen LogP) is 0.833. The molecular weight excluding hydrogens is 226 g/mol. The first-order valence-corrected chi connectivity index (χ1v) is 7.39. The number of carbonyl (C=O) groups excluding carboxylic acids is 1. The lowest BCUT2D eigenvalue weighted by atomic mass is 9.98. The topological polar surface area (TPSA) is 44.4 Å². The summed E-state index contributed by atoms with van der Waals surface area (Å²) in [7, 11) is 0. The Bertz CT molecular complexity index is 274. The van der Waals surface area contributed by atoms with Crippen LogP contribution in [-0.2, 0) is 4.79 Å². The molecule has 0 radical (unpaired) electrons. The fourth-order valence-electron chi connectivity index (χ4n) is 2.96. The van der Waals surface area contributed by atoms with Crippen LogP contribution in [0.5, 0.6) is 0 Å². The van der Waals surface area contributed by atoms with Crippen molar-refractivity contribution >= 4 is 5.91 Å². The van der Waals surface area contributed by atoms with Gasteiger partial charge in [-0.25, -0.2) is 0 Å². The van der Waals surface area contributed by atoms with Gasteiger partial charge in [-0.2, -0.15) is 0 Å². The van der Waals surface area contributed by atoms with Gasteiger partial charge in [-0.05, 0) is 52.1 Å². The maximum Gasteiger partial charge on any atom is 0.224 e. The van der Waals surface area contributed by atoms with Gasteiger partial charge in [0.15, 0.2) is 0 Å². The van der Waals surface area contributed by atoms with Gasteiger partial charge < -0.3 is 15.5 Å². The number of nitrogens with zero attached hydrogens (tertiary/aromatic N) is 1. The zero-order valence-corrected chi connectivity index (χ0v) is 11.7. The van der Waals surface area contributed by atoms with Crippen LogP contribution in [-0.4, -0.2) is 49.6 Å². The Morgan fingerprint density at radius 1 is 1.44 bits per heavy atom. The lowest BCUT2D eigenvalue weighted by Gasteiger charge is -2.23. The summed E-state index contributed by atoms with van der Waals surface area (Å²) < 4.78 is 0. The molecule has 2 unspecified atom stereocenters. The van der Waals surface area contributed by atoms with Crippen molar-refractivity contribution < 1.29 is 4.79 Å². The van der Waals surface area contributed by atoms with Crippen LogP contribution >= 0.6 is 0 Å². The Morgan fingerprint density at radius 3 is 2.89 bits per heavy atom. The smallest absolute Gasteiger partial charge is 0.224 e. The molecule has 1 amide bonds. The fourth-order valence-corrected chi connectivity index (χ4v) is 2.96. The second-order valence-electron chi connectivity index (χ2n) is 6.03. The zero-order chi connectivity index (χ0) is 13.0. The molecule has 4 heteroatoms. The van der Waals surface area contributed by atoms with Crippen LogP contribution in [0.2, 0.25) is 0 Å². The first-order valence-electron chi connectivity index (χ1n) is 7.39. The monoisotopic (exact) mass is 253 g/mol. The lowest BCUT2D eigenvalue weighted by Crippen LogP contribution is -2.42. The number of hydrogen-bond acceptors (Lipinski definition) is 3. The molecule has 0 aromatic carbocycles. The van der Waals surface area contributed by atoms with Gasteiger partial charge in [0.1, 0.15) is 0 Å². The molecule has 2 saturated heterocycles. The molecule has 2 atom stereocenters. The van der Waals surface area contributed by atoms with Gasteiger partial charge in [-0.3, -0.25) is 4.79 Å². The zero-order valence-electron chi connectivity index (χ0n) is 11.7. The number of piperidine rings is 1. The van der Waals surface area contributed by atoms with E-state index < -0.39 is 0 Å². The molecule has 2 aliphatic rings. The molecule has 2 aliphatic heterocycles. The summed E-state index contributed by atoms with van der Waals surface area (Å²) in [5.74, 6) is 1.10. The minimum atomic E-state index is 0.196. The molecule has 18 heavy (non-hydrogen) atoms. The third-order valence-corrected chi connectivity index (χ3v) is 4.28. The largest absolute Gasteiger partial charge is 0.355 e. The highest BCUT2D eigenvalue weighted by Gasteiger charge is 2.26. The van der Waals surface area contributed by atoms with Gasteiger partial charge in [-0.1, -0.05) is 0 Å². The van der Waals surface area contributed by atoms with E-state index in [9.17, 15) is 4.79 Å². The Kier molecular flexibility index (Phi) is 5.01. The first kappa shape index (κ1) is 13.8. The molecule has 0 bridgehead atoms. The molecule has 0 saturated carbocycles. The van der Waals surface area contributed by atoms with Gasteiger partial charge in [0.2, 0.25) is 5.91 Å². The second kappa shape index (κ2) is 6.53. The second-order valence-corrected chi connectivity index (χ2v) is 6.03. The van der Waals surface area contributed by atoms with Crippen LogP contribution in [0.1, 0.15) is 33.1 Å². The predicted molar refractivity (Wildman–Crippen MR) is 73.4 cm³/mol. The summed E-state index contributed by atoms with van der Waals surface area (Å²) in [6, 6.07) is 0.633. The molecule has 0 aromatic heterocycles. The highest BCUT2D eigenvalue weighted by atomic mass is 16.1. The van der Waals surface area contributed by atoms with Crippen molar-refractivity contribution in [2.75, 3.05) is 32.7 Å². The standard InChI is InChI=1S/C14H27N3O/c1-11(2)17-7-5-12(10-17)8-16-14(18)13-4-3-6-15-9-13/h11-13,15H,3-10H2,1-2H3,(H,16,18). The van der Waals surface area contributed by atoms with Crippen molar-refractivity contribution in [2.45, 2.75) is 39.2 Å². The van der Waals surface area contributed by atoms with E-state index in [0.717, 1.165) is 39.0 Å². The van der Waals surface area contributed by atoms with Crippen molar-refractivity contribution in [1.29, 1.82) is 0 Å².